The third kappa shape index (κ3) is 4.48. The van der Waals surface area contributed by atoms with Crippen molar-refractivity contribution < 1.29 is 22.8 Å². The van der Waals surface area contributed by atoms with Crippen molar-refractivity contribution in [3.8, 4) is 0 Å². The first kappa shape index (κ1) is 21.1. The summed E-state index contributed by atoms with van der Waals surface area (Å²) in [6.07, 6.45) is 4.85. The molecule has 0 spiro atoms. The van der Waals surface area contributed by atoms with Crippen LogP contribution in [0.1, 0.15) is 51.7 Å². The zero-order valence-corrected chi connectivity index (χ0v) is 17.1. The van der Waals surface area contributed by atoms with Gasteiger partial charge in [0.25, 0.3) is 5.91 Å². The quantitative estimate of drug-likeness (QED) is 0.566. The van der Waals surface area contributed by atoms with Gasteiger partial charge in [0.05, 0.1) is 29.4 Å². The Morgan fingerprint density at radius 3 is 2.58 bits per heavy atom. The van der Waals surface area contributed by atoms with Gasteiger partial charge in [-0.25, -0.2) is 0 Å². The monoisotopic (exact) mass is 446 g/mol. The number of nitrogens with one attached hydrogen (secondary N) is 1. The number of aromatic nitrogens is 3. The minimum absolute atomic E-state index is 0.0574. The second-order valence-electron chi connectivity index (χ2n) is 7.17. The largest absolute Gasteiger partial charge is 0.446 e. The Bertz CT molecular complexity index is 1110. The maximum atomic E-state index is 13.3. The Morgan fingerprint density at radius 2 is 1.94 bits per heavy atom. The van der Waals surface area contributed by atoms with Crippen molar-refractivity contribution in [2.75, 3.05) is 5.32 Å². The van der Waals surface area contributed by atoms with Gasteiger partial charge < -0.3 is 5.32 Å². The predicted octanol–water partition coefficient (Wildman–Crippen LogP) is 5.07. The van der Waals surface area contributed by atoms with E-state index in [-0.39, 0.29) is 34.2 Å². The number of thioether (sulfide) groups is 1. The molecule has 10 heteroatoms. The number of halogens is 3. The standard InChI is InChI=1S/C21H17F3N4O2S/c1-12-9-16(13-4-6-15(7-5-13)31-21(22,23)24)19(29)18-17(11-26-28(12)18)27-20(30)14-3-2-8-25-10-14/h2-8,10-12,16H,9H2,1H3,(H,27,30)/t12-,16?/m0/s1. The average Bonchev–Trinajstić information content (AvgIpc) is 3.15. The maximum absolute atomic E-state index is 13.3. The van der Waals surface area contributed by atoms with Gasteiger partial charge in [-0.05, 0) is 54.9 Å². The second-order valence-corrected chi connectivity index (χ2v) is 8.30. The lowest BCUT2D eigenvalue weighted by atomic mass is 9.84. The van der Waals surface area contributed by atoms with Crippen LogP contribution >= 0.6 is 11.8 Å². The number of anilines is 1. The van der Waals surface area contributed by atoms with Crippen molar-refractivity contribution in [1.82, 2.24) is 14.8 Å². The number of fused-ring (bicyclic) bond motifs is 1. The summed E-state index contributed by atoms with van der Waals surface area (Å²) < 4.78 is 39.3. The molecule has 0 fully saturated rings. The van der Waals surface area contributed by atoms with Crippen LogP contribution in [0.5, 0.6) is 0 Å². The second kappa shape index (κ2) is 8.18. The summed E-state index contributed by atoms with van der Waals surface area (Å²) in [4.78, 5) is 29.7. The van der Waals surface area contributed by atoms with Gasteiger partial charge in [0.2, 0.25) is 0 Å². The molecule has 1 unspecified atom stereocenters. The highest BCUT2D eigenvalue weighted by Crippen LogP contribution is 2.40. The van der Waals surface area contributed by atoms with E-state index in [9.17, 15) is 22.8 Å². The number of nitrogens with zero attached hydrogens (tertiary/aromatic N) is 3. The number of Topliss-reactive ketones (excluding diaryl/α,β-unsaturated/α-hetero) is 1. The van der Waals surface area contributed by atoms with Crippen LogP contribution in [0, 0.1) is 0 Å². The number of rotatable bonds is 4. The van der Waals surface area contributed by atoms with Crippen molar-refractivity contribution in [1.29, 1.82) is 0 Å². The summed E-state index contributed by atoms with van der Waals surface area (Å²) in [7, 11) is 0. The van der Waals surface area contributed by atoms with Crippen molar-refractivity contribution >= 4 is 29.1 Å². The molecule has 31 heavy (non-hydrogen) atoms. The number of amides is 1. The molecule has 1 amide bonds. The molecule has 1 aromatic carbocycles. The van der Waals surface area contributed by atoms with Crippen LogP contribution in [-0.2, 0) is 0 Å². The number of hydrogen-bond donors (Lipinski definition) is 1. The molecule has 0 radical (unpaired) electrons. The Balaban J connectivity index is 1.59. The SMILES string of the molecule is C[C@H]1CC(c2ccc(SC(F)(F)F)cc2)C(=O)c2c(NC(=O)c3cccnc3)cnn21. The van der Waals surface area contributed by atoms with Crippen molar-refractivity contribution in [3.63, 3.8) is 0 Å². The fraction of sp³-hybridized carbons (Fsp3) is 0.238. The fourth-order valence-electron chi connectivity index (χ4n) is 3.63. The zero-order valence-electron chi connectivity index (χ0n) is 16.3. The topological polar surface area (TPSA) is 76.9 Å². The highest BCUT2D eigenvalue weighted by molar-refractivity contribution is 8.00. The molecule has 2 aromatic heterocycles. The summed E-state index contributed by atoms with van der Waals surface area (Å²) >= 11 is -0.197. The van der Waals surface area contributed by atoms with Crippen LogP contribution in [0.15, 0.2) is 59.9 Å². The number of alkyl halides is 3. The number of carbonyl (C=O) groups excluding carboxylic acids is 2. The normalized spacial score (nSPS) is 18.5. The number of carbonyl (C=O) groups is 2. The Morgan fingerprint density at radius 1 is 1.19 bits per heavy atom. The first-order valence-electron chi connectivity index (χ1n) is 9.42. The van der Waals surface area contributed by atoms with E-state index >= 15 is 0 Å². The Kier molecular flexibility index (Phi) is 5.57. The third-order valence-corrected chi connectivity index (χ3v) is 5.77. The van der Waals surface area contributed by atoms with Gasteiger partial charge in [0, 0.05) is 17.3 Å². The molecule has 4 rings (SSSR count). The van der Waals surface area contributed by atoms with Gasteiger partial charge in [-0.3, -0.25) is 19.3 Å². The van der Waals surface area contributed by atoms with Crippen molar-refractivity contribution in [2.24, 2.45) is 0 Å². The number of benzene rings is 1. The maximum Gasteiger partial charge on any atom is 0.446 e. The van der Waals surface area contributed by atoms with E-state index in [1.807, 2.05) is 6.92 Å². The lowest BCUT2D eigenvalue weighted by molar-refractivity contribution is -0.0328. The van der Waals surface area contributed by atoms with E-state index < -0.39 is 17.3 Å². The van der Waals surface area contributed by atoms with Gasteiger partial charge in [0.15, 0.2) is 5.78 Å². The number of ketones is 1. The van der Waals surface area contributed by atoms with E-state index in [4.69, 9.17) is 0 Å². The summed E-state index contributed by atoms with van der Waals surface area (Å²) in [5.74, 6) is -1.20. The summed E-state index contributed by atoms with van der Waals surface area (Å²) in [6.45, 7) is 1.90. The van der Waals surface area contributed by atoms with Gasteiger partial charge in [-0.2, -0.15) is 18.3 Å². The fourth-order valence-corrected chi connectivity index (χ4v) is 4.17. The molecule has 0 aliphatic carbocycles. The van der Waals surface area contributed by atoms with Gasteiger partial charge in [-0.1, -0.05) is 12.1 Å². The lowest BCUT2D eigenvalue weighted by Crippen LogP contribution is -2.29. The molecule has 0 saturated carbocycles. The van der Waals surface area contributed by atoms with Crippen LogP contribution < -0.4 is 5.32 Å². The highest BCUT2D eigenvalue weighted by Gasteiger charge is 2.36. The molecular weight excluding hydrogens is 429 g/mol. The van der Waals surface area contributed by atoms with Crippen LogP contribution in [0.25, 0.3) is 0 Å². The van der Waals surface area contributed by atoms with E-state index in [0.29, 0.717) is 23.2 Å². The number of hydrogen-bond acceptors (Lipinski definition) is 5. The minimum Gasteiger partial charge on any atom is -0.319 e. The van der Waals surface area contributed by atoms with E-state index in [2.05, 4.69) is 15.4 Å². The molecule has 1 aliphatic rings. The average molecular weight is 446 g/mol. The van der Waals surface area contributed by atoms with E-state index in [0.717, 1.165) is 0 Å². The molecule has 1 aliphatic heterocycles. The van der Waals surface area contributed by atoms with Crippen LogP contribution in [0.2, 0.25) is 0 Å². The smallest absolute Gasteiger partial charge is 0.319 e. The van der Waals surface area contributed by atoms with Crippen LogP contribution in [0.4, 0.5) is 18.9 Å². The molecule has 3 aromatic rings. The summed E-state index contributed by atoms with van der Waals surface area (Å²) in [5, 5.41) is 6.97. The molecule has 0 bridgehead atoms. The molecule has 2 atom stereocenters. The Hall–Kier alpha value is -3.14. The first-order chi connectivity index (χ1) is 14.7. The molecule has 6 nitrogen and oxygen atoms in total. The number of pyridine rings is 1. The lowest BCUT2D eigenvalue weighted by Gasteiger charge is -2.28. The van der Waals surface area contributed by atoms with Gasteiger partial charge >= 0.3 is 5.51 Å². The van der Waals surface area contributed by atoms with E-state index in [1.54, 1.807) is 35.1 Å². The summed E-state index contributed by atoms with van der Waals surface area (Å²) in [6, 6.07) is 8.92. The van der Waals surface area contributed by atoms with Crippen LogP contribution in [-0.4, -0.2) is 32.0 Å². The van der Waals surface area contributed by atoms with Gasteiger partial charge in [-0.15, -0.1) is 0 Å². The van der Waals surface area contributed by atoms with Crippen LogP contribution in [0.3, 0.4) is 0 Å². The van der Waals surface area contributed by atoms with E-state index in [1.165, 1.54) is 24.5 Å². The van der Waals surface area contributed by atoms with Crippen molar-refractivity contribution in [3.05, 3.63) is 71.8 Å². The third-order valence-electron chi connectivity index (χ3n) is 5.03. The molecule has 160 valence electrons. The Labute approximate surface area is 179 Å². The minimum atomic E-state index is -4.37. The molecule has 0 saturated heterocycles. The zero-order chi connectivity index (χ0) is 22.2. The molecule has 1 N–H and O–H groups in total. The van der Waals surface area contributed by atoms with Gasteiger partial charge in [0.1, 0.15) is 5.69 Å². The predicted molar refractivity (Wildman–Crippen MR) is 109 cm³/mol. The molecular formula is C21H17F3N4O2S. The first-order valence-corrected chi connectivity index (χ1v) is 10.2. The summed E-state index contributed by atoms with van der Waals surface area (Å²) in [5.41, 5.74) is -2.84. The highest BCUT2D eigenvalue weighted by atomic mass is 32.2. The molecule has 3 heterocycles. The van der Waals surface area contributed by atoms with Crippen molar-refractivity contribution in [2.45, 2.75) is 35.7 Å².